The lowest BCUT2D eigenvalue weighted by Gasteiger charge is -2.13. The highest BCUT2D eigenvalue weighted by Crippen LogP contribution is 2.35. The zero-order chi connectivity index (χ0) is 14.3. The topological polar surface area (TPSA) is 9.23 Å². The van der Waals surface area contributed by atoms with Gasteiger partial charge >= 0.3 is 0 Å². The van der Waals surface area contributed by atoms with Crippen LogP contribution < -0.4 is 4.74 Å². The van der Waals surface area contributed by atoms with E-state index in [4.69, 9.17) is 16.3 Å². The third kappa shape index (κ3) is 2.14. The third-order valence-corrected chi connectivity index (χ3v) is 3.83. The Kier molecular flexibility index (Phi) is 3.34. The van der Waals surface area contributed by atoms with Crippen LogP contribution in [0, 0.1) is 17.5 Å². The Hall–Kier alpha value is -1.68. The average Bonchev–Trinajstić information content (AvgIpc) is 2.91. The Labute approximate surface area is 118 Å². The predicted molar refractivity (Wildman–Crippen MR) is 69.7 cm³/mol. The maximum Gasteiger partial charge on any atom is 0.194 e. The molecule has 3 rings (SSSR count). The van der Waals surface area contributed by atoms with Gasteiger partial charge < -0.3 is 4.74 Å². The van der Waals surface area contributed by atoms with Gasteiger partial charge in [-0.1, -0.05) is 18.2 Å². The molecule has 0 saturated carbocycles. The molecule has 1 nitrogen and oxygen atoms in total. The van der Waals surface area contributed by atoms with Gasteiger partial charge in [-0.15, -0.1) is 11.6 Å². The van der Waals surface area contributed by atoms with Gasteiger partial charge in [-0.3, -0.25) is 0 Å². The zero-order valence-electron chi connectivity index (χ0n) is 10.3. The van der Waals surface area contributed by atoms with E-state index in [0.29, 0.717) is 12.2 Å². The lowest BCUT2D eigenvalue weighted by atomic mass is 10.0. The summed E-state index contributed by atoms with van der Waals surface area (Å²) in [6.45, 7) is 0.602. The van der Waals surface area contributed by atoms with Crippen LogP contribution in [-0.2, 0) is 6.42 Å². The minimum atomic E-state index is -1.50. The number of halogens is 4. The first-order valence-electron chi connectivity index (χ1n) is 6.11. The van der Waals surface area contributed by atoms with Crippen molar-refractivity contribution in [3.63, 3.8) is 0 Å². The number of alkyl halides is 1. The van der Waals surface area contributed by atoms with Crippen LogP contribution >= 0.6 is 11.6 Å². The van der Waals surface area contributed by atoms with Gasteiger partial charge in [0.1, 0.15) is 5.75 Å². The monoisotopic (exact) mass is 298 g/mol. The van der Waals surface area contributed by atoms with E-state index < -0.39 is 22.8 Å². The van der Waals surface area contributed by atoms with Crippen molar-refractivity contribution in [2.75, 3.05) is 6.61 Å². The minimum Gasteiger partial charge on any atom is -0.493 e. The van der Waals surface area contributed by atoms with E-state index >= 15 is 0 Å². The molecule has 2 aromatic carbocycles. The number of hydrogen-bond acceptors (Lipinski definition) is 1. The first-order chi connectivity index (χ1) is 9.58. The van der Waals surface area contributed by atoms with Crippen LogP contribution in [-0.4, -0.2) is 6.61 Å². The quantitative estimate of drug-likeness (QED) is 0.591. The highest BCUT2D eigenvalue weighted by atomic mass is 35.5. The molecule has 1 aliphatic rings. The lowest BCUT2D eigenvalue weighted by Crippen LogP contribution is -2.02. The SMILES string of the molecule is Fc1ccc(C(Cl)c2ccc3c(c2)CCO3)c(F)c1F. The van der Waals surface area contributed by atoms with Crippen LogP contribution in [0.25, 0.3) is 0 Å². The fourth-order valence-corrected chi connectivity index (χ4v) is 2.58. The molecule has 0 saturated heterocycles. The molecule has 0 bridgehead atoms. The molecule has 0 amide bonds. The van der Waals surface area contributed by atoms with E-state index in [1.165, 1.54) is 0 Å². The van der Waals surface area contributed by atoms with Gasteiger partial charge in [0.15, 0.2) is 17.5 Å². The number of fused-ring (bicyclic) bond motifs is 1. The van der Waals surface area contributed by atoms with Crippen molar-refractivity contribution in [1.82, 2.24) is 0 Å². The molecule has 1 unspecified atom stereocenters. The molecule has 0 N–H and O–H groups in total. The summed E-state index contributed by atoms with van der Waals surface area (Å²) in [6.07, 6.45) is 0.757. The molecule has 0 aromatic heterocycles. The molecule has 0 fully saturated rings. The van der Waals surface area contributed by atoms with Crippen molar-refractivity contribution in [2.24, 2.45) is 0 Å². The summed E-state index contributed by atoms with van der Waals surface area (Å²) in [5.41, 5.74) is 1.53. The largest absolute Gasteiger partial charge is 0.493 e. The van der Waals surface area contributed by atoms with Gasteiger partial charge in [0.2, 0.25) is 0 Å². The summed E-state index contributed by atoms with van der Waals surface area (Å²) >= 11 is 6.19. The van der Waals surface area contributed by atoms with Crippen molar-refractivity contribution < 1.29 is 17.9 Å². The summed E-state index contributed by atoms with van der Waals surface area (Å²) in [5.74, 6) is -3.19. The molecule has 1 aliphatic heterocycles. The summed E-state index contributed by atoms with van der Waals surface area (Å²) in [6, 6.07) is 7.29. The Bertz CT molecular complexity index is 672. The smallest absolute Gasteiger partial charge is 0.194 e. The Morgan fingerprint density at radius 1 is 1.05 bits per heavy atom. The van der Waals surface area contributed by atoms with Crippen molar-refractivity contribution in [3.8, 4) is 5.75 Å². The first-order valence-corrected chi connectivity index (χ1v) is 6.54. The van der Waals surface area contributed by atoms with Gasteiger partial charge in [0, 0.05) is 12.0 Å². The highest BCUT2D eigenvalue weighted by Gasteiger charge is 2.22. The van der Waals surface area contributed by atoms with E-state index in [-0.39, 0.29) is 5.56 Å². The van der Waals surface area contributed by atoms with Crippen LogP contribution in [0.1, 0.15) is 22.1 Å². The van der Waals surface area contributed by atoms with Gasteiger partial charge in [0.05, 0.1) is 12.0 Å². The molecular weight excluding hydrogens is 289 g/mol. The minimum absolute atomic E-state index is 0.0792. The van der Waals surface area contributed by atoms with Gasteiger partial charge in [-0.05, 0) is 23.3 Å². The summed E-state index contributed by atoms with van der Waals surface area (Å²) in [5, 5.41) is -0.879. The van der Waals surface area contributed by atoms with E-state index in [0.717, 1.165) is 29.9 Å². The second kappa shape index (κ2) is 5.02. The number of rotatable bonds is 2. The van der Waals surface area contributed by atoms with Crippen LogP contribution in [0.5, 0.6) is 5.75 Å². The Morgan fingerprint density at radius 2 is 1.85 bits per heavy atom. The third-order valence-electron chi connectivity index (χ3n) is 3.34. The van der Waals surface area contributed by atoms with Crippen LogP contribution in [0.15, 0.2) is 30.3 Å². The van der Waals surface area contributed by atoms with Crippen molar-refractivity contribution in [3.05, 3.63) is 64.5 Å². The summed E-state index contributed by atoms with van der Waals surface area (Å²) in [4.78, 5) is 0. The standard InChI is InChI=1S/C15H10ClF3O/c16-13(10-2-3-11(17)15(19)14(10)18)9-1-4-12-8(7-9)5-6-20-12/h1-4,7,13H,5-6H2. The zero-order valence-corrected chi connectivity index (χ0v) is 11.1. The Morgan fingerprint density at radius 3 is 2.65 bits per heavy atom. The molecule has 0 spiro atoms. The van der Waals surface area contributed by atoms with E-state index in [2.05, 4.69) is 0 Å². The Balaban J connectivity index is 2.00. The van der Waals surface area contributed by atoms with E-state index in [1.807, 2.05) is 0 Å². The second-order valence-electron chi connectivity index (χ2n) is 4.59. The number of benzene rings is 2. The predicted octanol–water partition coefficient (Wildman–Crippen LogP) is 4.37. The molecule has 0 aliphatic carbocycles. The molecule has 1 atom stereocenters. The average molecular weight is 299 g/mol. The molecule has 20 heavy (non-hydrogen) atoms. The molecule has 104 valence electrons. The van der Waals surface area contributed by atoms with E-state index in [1.54, 1.807) is 18.2 Å². The second-order valence-corrected chi connectivity index (χ2v) is 5.03. The maximum atomic E-state index is 13.7. The maximum absolute atomic E-state index is 13.7. The van der Waals surface area contributed by atoms with Crippen LogP contribution in [0.4, 0.5) is 13.2 Å². The first kappa shape index (κ1) is 13.3. The molecular formula is C15H10ClF3O. The molecule has 2 aromatic rings. The molecule has 1 heterocycles. The number of hydrogen-bond donors (Lipinski definition) is 0. The van der Waals surface area contributed by atoms with Gasteiger partial charge in [-0.25, -0.2) is 13.2 Å². The fraction of sp³-hybridized carbons (Fsp3) is 0.200. The van der Waals surface area contributed by atoms with Crippen LogP contribution in [0.3, 0.4) is 0 Å². The summed E-state index contributed by atoms with van der Waals surface area (Å²) < 4.78 is 45.3. The normalized spacial score (nSPS) is 14.8. The lowest BCUT2D eigenvalue weighted by molar-refractivity contribution is 0.357. The van der Waals surface area contributed by atoms with Gasteiger partial charge in [-0.2, -0.15) is 0 Å². The fourth-order valence-electron chi connectivity index (χ4n) is 2.28. The summed E-state index contributed by atoms with van der Waals surface area (Å²) in [7, 11) is 0. The van der Waals surface area contributed by atoms with Crippen molar-refractivity contribution in [1.29, 1.82) is 0 Å². The number of ether oxygens (including phenoxy) is 1. The van der Waals surface area contributed by atoms with Crippen molar-refractivity contribution >= 4 is 11.6 Å². The van der Waals surface area contributed by atoms with Crippen LogP contribution in [0.2, 0.25) is 0 Å². The molecule has 5 heteroatoms. The van der Waals surface area contributed by atoms with E-state index in [9.17, 15) is 13.2 Å². The van der Waals surface area contributed by atoms with Gasteiger partial charge in [0.25, 0.3) is 0 Å². The molecule has 0 radical (unpaired) electrons. The van der Waals surface area contributed by atoms with Crippen molar-refractivity contribution in [2.45, 2.75) is 11.8 Å². The highest BCUT2D eigenvalue weighted by molar-refractivity contribution is 6.22.